The van der Waals surface area contributed by atoms with Crippen LogP contribution in [0.15, 0.2) is 350 Å². The number of hydrogen-bond acceptors (Lipinski definition) is 13. The van der Waals surface area contributed by atoms with Gasteiger partial charge >= 0.3 is 6.18 Å². The quantitative estimate of drug-likeness (QED) is 0.0524. The number of allylic oxidation sites excluding steroid dienone is 2. The van der Waals surface area contributed by atoms with Gasteiger partial charge in [-0.15, -0.1) is 0 Å². The van der Waals surface area contributed by atoms with Crippen LogP contribution < -0.4 is 48.2 Å². The van der Waals surface area contributed by atoms with Crippen molar-refractivity contribution >= 4 is 91.6 Å². The molecule has 0 bridgehead atoms. The number of para-hydroxylation sites is 2. The number of alkyl halides is 3. The van der Waals surface area contributed by atoms with E-state index < -0.39 is 11.7 Å². The summed E-state index contributed by atoms with van der Waals surface area (Å²) in [7, 11) is 1.65. The van der Waals surface area contributed by atoms with E-state index in [0.29, 0.717) is 75.8 Å². The Kier molecular flexibility index (Phi) is 33.1. The summed E-state index contributed by atoms with van der Waals surface area (Å²) in [6, 6.07) is 75.9. The van der Waals surface area contributed by atoms with Gasteiger partial charge in [0, 0.05) is 89.5 Å². The second-order valence-corrected chi connectivity index (χ2v) is 30.8. The molecule has 24 heteroatoms. The van der Waals surface area contributed by atoms with Gasteiger partial charge in [-0.05, 0) is 230 Å². The molecule has 1 N–H and O–H groups in total. The third kappa shape index (κ3) is 24.1. The van der Waals surface area contributed by atoms with Crippen LogP contribution in [0.4, 0.5) is 46.0 Å². The maximum atomic E-state index is 13.1. The van der Waals surface area contributed by atoms with Crippen molar-refractivity contribution in [3.63, 3.8) is 0 Å². The fourth-order valence-electron chi connectivity index (χ4n) is 15.9. The SMILES string of the molecule is C=CC(=O)N1CCc2c(OC)cccc21.C=CC(=O)N1CCc2c(OCc3cc(C)cc(C(F)(F)F)c3)cccc21.C=CC(=O)N1CCc2c(OCc3ccccc3)cccc21.C=CC(=O)N1CCc2cc(OCc3cccc(F)c3)ccc21.C=CC(=O)N1CCc2cc(OCc3ccccc3)ccc21.C=CC(=O)n1ccc2cccc(CO)c21.C=CC(=O)n1ccc2ccccc21. The molecule has 0 aliphatic carbocycles. The first-order valence-corrected chi connectivity index (χ1v) is 42.9. The highest BCUT2D eigenvalue weighted by atomic mass is 19.4. The fourth-order valence-corrected chi connectivity index (χ4v) is 15.9. The van der Waals surface area contributed by atoms with Crippen molar-refractivity contribution in [2.75, 3.05) is 64.3 Å². The minimum absolute atomic E-state index is 0.0244. The Morgan fingerprint density at radius 2 is 0.759 bits per heavy atom. The summed E-state index contributed by atoms with van der Waals surface area (Å²) in [4.78, 5) is 90.2. The summed E-state index contributed by atoms with van der Waals surface area (Å²) in [6.45, 7) is 30.8. The maximum absolute atomic E-state index is 13.1. The van der Waals surface area contributed by atoms with E-state index in [9.17, 15) is 56.2 Å². The van der Waals surface area contributed by atoms with E-state index in [1.54, 1.807) is 85.8 Å². The first kappa shape index (κ1) is 96.1. The van der Waals surface area contributed by atoms with Crippen LogP contribution in [-0.4, -0.2) is 95.4 Å². The highest BCUT2D eigenvalue weighted by Gasteiger charge is 2.33. The molecule has 0 saturated carbocycles. The number of rotatable bonds is 21. The number of aromatic nitrogens is 2. The summed E-state index contributed by atoms with van der Waals surface area (Å²) in [5, 5.41) is 11.2. The van der Waals surface area contributed by atoms with Crippen molar-refractivity contribution < 1.29 is 79.9 Å². The Bertz CT molecular complexity index is 6480. The van der Waals surface area contributed by atoms with E-state index >= 15 is 0 Å². The molecule has 20 nitrogen and oxygen atoms in total. The molecule has 0 atom stereocenters. The number of hydrogen-bond donors (Lipinski definition) is 1. The first-order valence-electron chi connectivity index (χ1n) is 42.9. The topological polar surface area (TPSA) is 212 Å². The average molecular weight is 1790 g/mol. The van der Waals surface area contributed by atoms with Gasteiger partial charge in [-0.2, -0.15) is 13.2 Å². The number of amides is 5. The van der Waals surface area contributed by atoms with Gasteiger partial charge in [-0.3, -0.25) is 42.7 Å². The van der Waals surface area contributed by atoms with Gasteiger partial charge in [0.05, 0.1) is 47.4 Å². The van der Waals surface area contributed by atoms with Gasteiger partial charge < -0.3 is 53.3 Å². The van der Waals surface area contributed by atoms with Gasteiger partial charge in [-0.1, -0.05) is 185 Å². The third-order valence-corrected chi connectivity index (χ3v) is 22.3. The zero-order valence-electron chi connectivity index (χ0n) is 73.9. The van der Waals surface area contributed by atoms with Gasteiger partial charge in [0.2, 0.25) is 29.5 Å². The number of anilines is 5. The van der Waals surface area contributed by atoms with Crippen LogP contribution >= 0.6 is 0 Å². The van der Waals surface area contributed by atoms with E-state index in [2.05, 4.69) is 46.1 Å². The number of methoxy groups -OCH3 is 1. The van der Waals surface area contributed by atoms with Crippen LogP contribution in [0.5, 0.6) is 28.7 Å². The number of aryl methyl sites for hydroxylation is 1. The number of ether oxygens (including phenoxy) is 5. The van der Waals surface area contributed by atoms with Gasteiger partial charge in [0.15, 0.2) is 0 Å². The van der Waals surface area contributed by atoms with Crippen molar-refractivity contribution in [1.29, 1.82) is 0 Å². The van der Waals surface area contributed by atoms with Crippen molar-refractivity contribution in [3.8, 4) is 28.7 Å². The number of carbonyl (C=O) groups excluding carboxylic acids is 7. The smallest absolute Gasteiger partial charge is 0.416 e. The average Bonchev–Trinajstić information content (AvgIpc) is 1.64. The standard InChI is InChI=1S/C20H18F3NO2.C18H16FNO2.2C18H17NO2.C12H13NO2.C12H11NO2.C11H9NO/c1-3-19(25)24-8-7-16-17(24)5-4-6-18(16)26-12-14-9-13(2)10-15(11-14)20(21,22)23;1-2-18(21)20-9-8-14-11-16(6-7-17(14)20)22-12-13-4-3-5-15(19)10-13;1-2-18(20)19-12-11-15-16(19)9-6-10-17(15)21-13-14-7-4-3-5-8-14;1-2-18(20)19-11-10-15-12-16(8-9-17(15)19)21-13-14-6-4-3-5-7-14;1-3-12(14)13-8-7-9-10(13)5-4-6-11(9)15-2;1-2-11(15)13-7-6-9-4-3-5-10(8-14)12(9)13;1-2-11(13)12-8-7-9-5-3-4-6-10(9)12/h3-6,9-11H,1,7-8,12H2,2H3;2-7,10-11H,1,8-9,12H2;2-10H,1,11-13H2;2-9,12H,1,10-11,13H2;3-6H,1,7-8H2,2H3;2-7,14H,1,8H2;2-8H,1H2. The summed E-state index contributed by atoms with van der Waals surface area (Å²) in [5.74, 6) is 2.85. The van der Waals surface area contributed by atoms with Gasteiger partial charge in [0.1, 0.15) is 61.0 Å². The first-order chi connectivity index (χ1) is 64.4. The van der Waals surface area contributed by atoms with Crippen molar-refractivity contribution in [3.05, 3.63) is 422 Å². The van der Waals surface area contributed by atoms with E-state index in [1.165, 1.54) is 59.2 Å². The van der Waals surface area contributed by atoms with Crippen LogP contribution in [0.2, 0.25) is 0 Å². The summed E-state index contributed by atoms with van der Waals surface area (Å²) in [6.07, 6.45) is 12.2. The molecule has 13 aromatic rings. The lowest BCUT2D eigenvalue weighted by Crippen LogP contribution is -2.26. The molecule has 0 spiro atoms. The zero-order valence-corrected chi connectivity index (χ0v) is 73.9. The third-order valence-electron chi connectivity index (χ3n) is 22.3. The maximum Gasteiger partial charge on any atom is 0.416 e. The largest absolute Gasteiger partial charge is 0.496 e. The Labute approximate surface area is 770 Å². The lowest BCUT2D eigenvalue weighted by Gasteiger charge is -2.16. The van der Waals surface area contributed by atoms with Crippen LogP contribution in [0.1, 0.15) is 76.4 Å². The second-order valence-electron chi connectivity index (χ2n) is 30.8. The molecule has 5 aliphatic rings. The molecule has 5 amide bonds. The predicted octanol–water partition coefficient (Wildman–Crippen LogP) is 21.0. The second kappa shape index (κ2) is 45.8. The lowest BCUT2D eigenvalue weighted by molar-refractivity contribution is -0.137. The fraction of sp³-hybridized carbons (Fsp3) is 0.165. The minimum atomic E-state index is -4.39. The summed E-state index contributed by atoms with van der Waals surface area (Å²) in [5.41, 5.74) is 15.6. The van der Waals surface area contributed by atoms with E-state index in [-0.39, 0.29) is 60.4 Å². The van der Waals surface area contributed by atoms with Gasteiger partial charge in [0.25, 0.3) is 11.8 Å². The number of halogens is 4. The number of aliphatic hydroxyl groups excluding tert-OH is 1. The molecule has 0 radical (unpaired) electrons. The van der Waals surface area contributed by atoms with Crippen LogP contribution in [0, 0.1) is 12.7 Å². The molecule has 133 heavy (non-hydrogen) atoms. The lowest BCUT2D eigenvalue weighted by atomic mass is 10.1. The molecule has 0 saturated heterocycles. The monoisotopic (exact) mass is 1790 g/mol. The van der Waals surface area contributed by atoms with E-state index in [0.717, 1.165) is 161 Å². The summed E-state index contributed by atoms with van der Waals surface area (Å²) < 4.78 is 83.6. The Balaban J connectivity index is 0.000000141. The molecular weight excluding hydrogens is 1690 g/mol. The molecule has 678 valence electrons. The van der Waals surface area contributed by atoms with Crippen molar-refractivity contribution in [1.82, 2.24) is 9.13 Å². The number of carbonyl (C=O) groups is 7. The minimum Gasteiger partial charge on any atom is -0.496 e. The Morgan fingerprint density at radius 3 is 1.23 bits per heavy atom. The highest BCUT2D eigenvalue weighted by Crippen LogP contribution is 2.41. The van der Waals surface area contributed by atoms with E-state index in [4.69, 9.17) is 23.7 Å². The van der Waals surface area contributed by atoms with Crippen molar-refractivity contribution in [2.24, 2.45) is 0 Å². The van der Waals surface area contributed by atoms with Crippen LogP contribution in [0.25, 0.3) is 21.8 Å². The molecule has 0 unspecified atom stereocenters. The van der Waals surface area contributed by atoms with Gasteiger partial charge in [-0.25, -0.2) is 4.39 Å². The van der Waals surface area contributed by atoms with E-state index in [1.807, 2.05) is 194 Å². The molecule has 7 heterocycles. The molecule has 5 aliphatic heterocycles. The number of fused-ring (bicyclic) bond motifs is 7. The predicted molar refractivity (Wildman–Crippen MR) is 514 cm³/mol. The van der Waals surface area contributed by atoms with Crippen molar-refractivity contribution in [2.45, 2.75) is 78.2 Å². The Hall–Kier alpha value is -16.0. The number of nitrogens with zero attached hydrogens (tertiary/aromatic N) is 7. The summed E-state index contributed by atoms with van der Waals surface area (Å²) >= 11 is 0. The van der Waals surface area contributed by atoms with Crippen LogP contribution in [0.3, 0.4) is 0 Å². The number of benzene rings is 11. The molecule has 0 fully saturated rings. The van der Waals surface area contributed by atoms with Crippen LogP contribution in [-0.2, 0) is 95.3 Å². The normalized spacial score (nSPS) is 12.5. The number of aliphatic hydroxyl groups is 1. The highest BCUT2D eigenvalue weighted by molar-refractivity contribution is 6.06. The molecule has 18 rings (SSSR count). The molecular formula is C109H101F4N7O13. The zero-order chi connectivity index (χ0) is 94.7. The Morgan fingerprint density at radius 1 is 0.368 bits per heavy atom. The molecule has 11 aromatic carbocycles. The molecule has 2 aromatic heterocycles.